The average molecular weight is 253 g/mol. The Morgan fingerprint density at radius 1 is 1.14 bits per heavy atom. The largest absolute Gasteiger partial charge is 0.236 e. The summed E-state index contributed by atoms with van der Waals surface area (Å²) in [5.41, 5.74) is 1.44. The number of benzene rings is 1. The van der Waals surface area contributed by atoms with Crippen LogP contribution in [0.1, 0.15) is 0 Å². The van der Waals surface area contributed by atoms with Gasteiger partial charge in [-0.25, -0.2) is 14.4 Å². The Balaban J connectivity index is 2.49. The first kappa shape index (κ1) is 9.27. The summed E-state index contributed by atoms with van der Waals surface area (Å²) < 4.78 is 13.6. The third kappa shape index (κ3) is 1.96. The van der Waals surface area contributed by atoms with Crippen molar-refractivity contribution >= 4 is 15.9 Å². The van der Waals surface area contributed by atoms with E-state index in [0.29, 0.717) is 10.3 Å². The molecule has 2 aromatic rings. The zero-order valence-corrected chi connectivity index (χ0v) is 8.70. The second-order valence-electron chi connectivity index (χ2n) is 2.74. The molecule has 0 aliphatic carbocycles. The van der Waals surface area contributed by atoms with E-state index in [2.05, 4.69) is 25.9 Å². The van der Waals surface area contributed by atoms with Gasteiger partial charge >= 0.3 is 0 Å². The van der Waals surface area contributed by atoms with Crippen LogP contribution in [0.15, 0.2) is 41.3 Å². The lowest BCUT2D eigenvalue weighted by Crippen LogP contribution is -1.86. The van der Waals surface area contributed by atoms with Gasteiger partial charge in [0, 0.05) is 5.56 Å². The third-order valence-corrected chi connectivity index (χ3v) is 2.19. The SMILES string of the molecule is Fc1cccc(-c2cc(Br)ncn2)c1. The molecule has 0 atom stereocenters. The van der Waals surface area contributed by atoms with E-state index in [1.807, 2.05) is 0 Å². The molecule has 0 fully saturated rings. The topological polar surface area (TPSA) is 25.8 Å². The number of aromatic nitrogens is 2. The van der Waals surface area contributed by atoms with Gasteiger partial charge in [-0.15, -0.1) is 0 Å². The molecule has 0 saturated heterocycles. The normalized spacial score (nSPS) is 10.1. The molecule has 0 bridgehead atoms. The van der Waals surface area contributed by atoms with E-state index in [1.54, 1.807) is 18.2 Å². The van der Waals surface area contributed by atoms with Crippen molar-refractivity contribution in [3.05, 3.63) is 47.1 Å². The van der Waals surface area contributed by atoms with Crippen molar-refractivity contribution in [3.8, 4) is 11.3 Å². The summed E-state index contributed by atoms with van der Waals surface area (Å²) in [6, 6.07) is 8.04. The Morgan fingerprint density at radius 3 is 2.71 bits per heavy atom. The summed E-state index contributed by atoms with van der Waals surface area (Å²) in [6.07, 6.45) is 1.43. The van der Waals surface area contributed by atoms with Crippen LogP contribution in [0, 0.1) is 5.82 Å². The maximum absolute atomic E-state index is 12.9. The van der Waals surface area contributed by atoms with Crippen LogP contribution in [0.25, 0.3) is 11.3 Å². The van der Waals surface area contributed by atoms with Crippen molar-refractivity contribution < 1.29 is 4.39 Å². The quantitative estimate of drug-likeness (QED) is 0.730. The van der Waals surface area contributed by atoms with Gasteiger partial charge in [-0.1, -0.05) is 12.1 Å². The summed E-state index contributed by atoms with van der Waals surface area (Å²) in [5.74, 6) is -0.266. The van der Waals surface area contributed by atoms with Gasteiger partial charge in [0.15, 0.2) is 0 Å². The van der Waals surface area contributed by atoms with Gasteiger partial charge in [-0.05, 0) is 34.1 Å². The van der Waals surface area contributed by atoms with Gasteiger partial charge in [0.05, 0.1) is 5.69 Å². The van der Waals surface area contributed by atoms with Crippen molar-refractivity contribution in [1.82, 2.24) is 9.97 Å². The molecule has 0 aliphatic heterocycles. The molecule has 0 radical (unpaired) electrons. The Labute approximate surface area is 89.0 Å². The molecule has 14 heavy (non-hydrogen) atoms. The molecule has 2 nitrogen and oxygen atoms in total. The number of nitrogens with zero attached hydrogens (tertiary/aromatic N) is 2. The summed E-state index contributed by atoms with van der Waals surface area (Å²) >= 11 is 3.23. The first-order valence-electron chi connectivity index (χ1n) is 3.99. The minimum Gasteiger partial charge on any atom is -0.236 e. The van der Waals surface area contributed by atoms with Gasteiger partial charge < -0.3 is 0 Å². The first-order valence-corrected chi connectivity index (χ1v) is 4.78. The molecule has 0 spiro atoms. The van der Waals surface area contributed by atoms with E-state index in [9.17, 15) is 4.39 Å². The summed E-state index contributed by atoms with van der Waals surface area (Å²) in [7, 11) is 0. The zero-order valence-electron chi connectivity index (χ0n) is 7.11. The van der Waals surface area contributed by atoms with E-state index in [1.165, 1.54) is 18.5 Å². The standard InChI is InChI=1S/C10H6BrFN2/c11-10-5-9(13-6-14-10)7-2-1-3-8(12)4-7/h1-6H. The van der Waals surface area contributed by atoms with E-state index in [0.717, 1.165) is 5.56 Å². The molecule has 1 aromatic carbocycles. The van der Waals surface area contributed by atoms with Crippen molar-refractivity contribution in [3.63, 3.8) is 0 Å². The van der Waals surface area contributed by atoms with Gasteiger partial charge in [0.1, 0.15) is 16.7 Å². The molecule has 1 aromatic heterocycles. The number of hydrogen-bond acceptors (Lipinski definition) is 2. The van der Waals surface area contributed by atoms with E-state index in [4.69, 9.17) is 0 Å². The van der Waals surface area contributed by atoms with Gasteiger partial charge in [0.2, 0.25) is 0 Å². The first-order chi connectivity index (χ1) is 6.75. The lowest BCUT2D eigenvalue weighted by molar-refractivity contribution is 0.628. The van der Waals surface area contributed by atoms with Gasteiger partial charge in [0.25, 0.3) is 0 Å². The summed E-state index contributed by atoms with van der Waals surface area (Å²) in [6.45, 7) is 0. The minimum absolute atomic E-state index is 0.266. The Bertz CT molecular complexity index is 416. The fourth-order valence-corrected chi connectivity index (χ4v) is 1.45. The second kappa shape index (κ2) is 3.84. The lowest BCUT2D eigenvalue weighted by atomic mass is 10.1. The maximum Gasteiger partial charge on any atom is 0.123 e. The highest BCUT2D eigenvalue weighted by Gasteiger charge is 2.00. The van der Waals surface area contributed by atoms with Crippen molar-refractivity contribution in [2.75, 3.05) is 0 Å². The monoisotopic (exact) mass is 252 g/mol. The van der Waals surface area contributed by atoms with Gasteiger partial charge in [-0.3, -0.25) is 0 Å². The minimum atomic E-state index is -0.266. The number of hydrogen-bond donors (Lipinski definition) is 0. The highest BCUT2D eigenvalue weighted by Crippen LogP contribution is 2.19. The average Bonchev–Trinajstić information content (AvgIpc) is 2.18. The Hall–Kier alpha value is -1.29. The Morgan fingerprint density at radius 2 is 2.00 bits per heavy atom. The smallest absolute Gasteiger partial charge is 0.123 e. The fourth-order valence-electron chi connectivity index (χ4n) is 1.14. The lowest BCUT2D eigenvalue weighted by Gasteiger charge is -2.00. The highest BCUT2D eigenvalue weighted by atomic mass is 79.9. The Kier molecular flexibility index (Phi) is 2.54. The fraction of sp³-hybridized carbons (Fsp3) is 0. The predicted molar refractivity (Wildman–Crippen MR) is 55.1 cm³/mol. The molecule has 0 saturated carbocycles. The predicted octanol–water partition coefficient (Wildman–Crippen LogP) is 3.05. The second-order valence-corrected chi connectivity index (χ2v) is 3.55. The van der Waals surface area contributed by atoms with E-state index in [-0.39, 0.29) is 5.82 Å². The van der Waals surface area contributed by atoms with Crippen molar-refractivity contribution in [2.24, 2.45) is 0 Å². The van der Waals surface area contributed by atoms with Gasteiger partial charge in [-0.2, -0.15) is 0 Å². The van der Waals surface area contributed by atoms with Crippen LogP contribution in [-0.2, 0) is 0 Å². The number of halogens is 2. The van der Waals surface area contributed by atoms with Crippen LogP contribution in [0.4, 0.5) is 4.39 Å². The van der Waals surface area contributed by atoms with Crippen LogP contribution in [0.3, 0.4) is 0 Å². The molecule has 0 unspecified atom stereocenters. The summed E-state index contributed by atoms with van der Waals surface area (Å²) in [4.78, 5) is 7.94. The van der Waals surface area contributed by atoms with Crippen LogP contribution < -0.4 is 0 Å². The molecular weight excluding hydrogens is 247 g/mol. The molecule has 0 amide bonds. The molecule has 2 rings (SSSR count). The molecule has 70 valence electrons. The van der Waals surface area contributed by atoms with Crippen LogP contribution in [0.2, 0.25) is 0 Å². The molecular formula is C10H6BrFN2. The number of rotatable bonds is 1. The van der Waals surface area contributed by atoms with E-state index < -0.39 is 0 Å². The van der Waals surface area contributed by atoms with Crippen LogP contribution in [-0.4, -0.2) is 9.97 Å². The zero-order chi connectivity index (χ0) is 9.97. The highest BCUT2D eigenvalue weighted by molar-refractivity contribution is 9.10. The molecule has 4 heteroatoms. The maximum atomic E-state index is 12.9. The van der Waals surface area contributed by atoms with Crippen molar-refractivity contribution in [1.29, 1.82) is 0 Å². The van der Waals surface area contributed by atoms with Crippen LogP contribution >= 0.6 is 15.9 Å². The molecule has 0 aliphatic rings. The molecule has 0 N–H and O–H groups in total. The van der Waals surface area contributed by atoms with Crippen molar-refractivity contribution in [2.45, 2.75) is 0 Å². The summed E-state index contributed by atoms with van der Waals surface area (Å²) in [5, 5.41) is 0. The van der Waals surface area contributed by atoms with E-state index >= 15 is 0 Å². The van der Waals surface area contributed by atoms with Crippen LogP contribution in [0.5, 0.6) is 0 Å². The third-order valence-electron chi connectivity index (χ3n) is 1.75. The molecule has 1 heterocycles.